The number of hydrogen-bond donors (Lipinski definition) is 3. The number of hydrogen-bond acceptors (Lipinski definition) is 9. The number of nitrogens with one attached hydrogen (secondary N) is 3. The van der Waals surface area contributed by atoms with Gasteiger partial charge in [-0.3, -0.25) is 9.59 Å². The first-order valence-corrected chi connectivity index (χ1v) is 13.2. The van der Waals surface area contributed by atoms with Gasteiger partial charge in [-0.25, -0.2) is 4.98 Å². The molecule has 2 atom stereocenters. The van der Waals surface area contributed by atoms with Crippen LogP contribution in [-0.4, -0.2) is 59.6 Å². The Balaban J connectivity index is 0.00000148. The standard InChI is InChI=1S/C23H27N7O3S.C2H6/c1-13-8-15(5-6-17(13)33-2)26-20-19-22(34-12-25-19)29-23(28-20)30-7-3-4-14(11-30)21(32)27-16-9-18(31)24-10-16;1-2/h5-6,8,12,14,16H,3-4,7,9-11H2,1-2H3,(H,24,31)(H,27,32)(H,26,28,29);1-2H3. The van der Waals surface area contributed by atoms with Crippen LogP contribution >= 0.6 is 11.3 Å². The second-order valence-electron chi connectivity index (χ2n) is 8.69. The average Bonchev–Trinajstić information content (AvgIpc) is 3.54. The van der Waals surface area contributed by atoms with E-state index < -0.39 is 0 Å². The molecule has 192 valence electrons. The zero-order valence-corrected chi connectivity index (χ0v) is 21.9. The lowest BCUT2D eigenvalue weighted by atomic mass is 9.97. The molecule has 36 heavy (non-hydrogen) atoms. The molecule has 0 saturated carbocycles. The van der Waals surface area contributed by atoms with E-state index in [2.05, 4.69) is 25.8 Å². The van der Waals surface area contributed by atoms with E-state index in [0.717, 1.165) is 41.2 Å². The van der Waals surface area contributed by atoms with Crippen molar-refractivity contribution in [1.82, 2.24) is 25.6 Å². The molecule has 3 N–H and O–H groups in total. The Bertz CT molecular complexity index is 1230. The number of thiazole rings is 1. The van der Waals surface area contributed by atoms with Crippen molar-refractivity contribution in [2.24, 2.45) is 5.92 Å². The van der Waals surface area contributed by atoms with E-state index in [0.29, 0.717) is 36.8 Å². The second kappa shape index (κ2) is 11.5. The first-order chi connectivity index (χ1) is 17.5. The number of carbonyl (C=O) groups is 2. The summed E-state index contributed by atoms with van der Waals surface area (Å²) < 4.78 is 5.36. The van der Waals surface area contributed by atoms with Crippen LogP contribution in [-0.2, 0) is 9.59 Å². The topological polar surface area (TPSA) is 121 Å². The number of piperidine rings is 1. The van der Waals surface area contributed by atoms with E-state index in [1.54, 1.807) is 12.6 Å². The van der Waals surface area contributed by atoms with Crippen LogP contribution in [0.25, 0.3) is 10.3 Å². The third-order valence-electron chi connectivity index (χ3n) is 6.24. The number of rotatable bonds is 6. The first kappa shape index (κ1) is 25.6. The summed E-state index contributed by atoms with van der Waals surface area (Å²) in [5, 5.41) is 9.16. The third-order valence-corrected chi connectivity index (χ3v) is 6.96. The molecule has 2 aliphatic rings. The van der Waals surface area contributed by atoms with Gasteiger partial charge in [-0.2, -0.15) is 9.97 Å². The minimum absolute atomic E-state index is 0.0166. The summed E-state index contributed by atoms with van der Waals surface area (Å²) in [5.74, 6) is 1.83. The Morgan fingerprint density at radius 2 is 2.11 bits per heavy atom. The number of ether oxygens (including phenoxy) is 1. The lowest BCUT2D eigenvalue weighted by Gasteiger charge is -2.32. The average molecular weight is 512 g/mol. The van der Waals surface area contributed by atoms with Crippen LogP contribution in [0.5, 0.6) is 5.75 Å². The Hall–Kier alpha value is -3.47. The Kier molecular flexibility index (Phi) is 8.19. The van der Waals surface area contributed by atoms with Gasteiger partial charge in [0.25, 0.3) is 0 Å². The van der Waals surface area contributed by atoms with Gasteiger partial charge in [0.05, 0.1) is 24.6 Å². The van der Waals surface area contributed by atoms with E-state index in [9.17, 15) is 9.59 Å². The molecule has 0 aliphatic carbocycles. The molecule has 2 amide bonds. The fourth-order valence-corrected chi connectivity index (χ4v) is 5.12. The number of benzene rings is 1. The highest BCUT2D eigenvalue weighted by Gasteiger charge is 2.31. The molecule has 2 aliphatic heterocycles. The van der Waals surface area contributed by atoms with Crippen LogP contribution < -0.4 is 25.6 Å². The number of amides is 2. The van der Waals surface area contributed by atoms with Crippen LogP contribution in [0.2, 0.25) is 0 Å². The van der Waals surface area contributed by atoms with Gasteiger partial charge in [-0.1, -0.05) is 13.8 Å². The normalized spacial score (nSPS) is 19.3. The number of anilines is 3. The fourth-order valence-electron chi connectivity index (χ4n) is 4.47. The molecule has 1 aromatic carbocycles. The van der Waals surface area contributed by atoms with Crippen LogP contribution in [0.3, 0.4) is 0 Å². The molecule has 0 radical (unpaired) electrons. The molecule has 3 aromatic rings. The minimum atomic E-state index is -0.175. The number of fused-ring (bicyclic) bond motifs is 1. The van der Waals surface area contributed by atoms with Crippen molar-refractivity contribution in [3.8, 4) is 5.75 Å². The molecule has 2 saturated heterocycles. The maximum absolute atomic E-state index is 12.9. The van der Waals surface area contributed by atoms with E-state index in [1.165, 1.54) is 11.3 Å². The van der Waals surface area contributed by atoms with Crippen LogP contribution in [0, 0.1) is 12.8 Å². The Morgan fingerprint density at radius 1 is 1.28 bits per heavy atom. The fraction of sp³-hybridized carbons (Fsp3) is 0.480. The summed E-state index contributed by atoms with van der Waals surface area (Å²) in [7, 11) is 1.65. The predicted molar refractivity (Wildman–Crippen MR) is 142 cm³/mol. The molecule has 10 nitrogen and oxygen atoms in total. The van der Waals surface area contributed by atoms with Crippen LogP contribution in [0.4, 0.5) is 17.5 Å². The molecule has 4 heterocycles. The number of nitrogens with zero attached hydrogens (tertiary/aromatic N) is 4. The molecule has 2 fully saturated rings. The molecule has 0 spiro atoms. The minimum Gasteiger partial charge on any atom is -0.496 e. The maximum atomic E-state index is 12.9. The van der Waals surface area contributed by atoms with Crippen molar-refractivity contribution >= 4 is 51.0 Å². The van der Waals surface area contributed by atoms with Crippen LogP contribution in [0.15, 0.2) is 23.7 Å². The van der Waals surface area contributed by atoms with Crippen molar-refractivity contribution in [2.75, 3.05) is 37.0 Å². The number of methoxy groups -OCH3 is 1. The lowest BCUT2D eigenvalue weighted by Crippen LogP contribution is -2.47. The van der Waals surface area contributed by atoms with Crippen molar-refractivity contribution in [3.63, 3.8) is 0 Å². The lowest BCUT2D eigenvalue weighted by molar-refractivity contribution is -0.125. The molecule has 5 rings (SSSR count). The zero-order valence-electron chi connectivity index (χ0n) is 21.1. The third kappa shape index (κ3) is 5.67. The number of carbonyl (C=O) groups excluding carboxylic acids is 2. The summed E-state index contributed by atoms with van der Waals surface area (Å²) in [6.07, 6.45) is 2.01. The van der Waals surface area contributed by atoms with Gasteiger partial charge >= 0.3 is 0 Å². The Morgan fingerprint density at radius 3 is 2.83 bits per heavy atom. The van der Waals surface area contributed by atoms with Gasteiger partial charge in [0, 0.05) is 31.7 Å². The van der Waals surface area contributed by atoms with Crippen molar-refractivity contribution in [2.45, 2.75) is 46.1 Å². The van der Waals surface area contributed by atoms with E-state index in [1.807, 2.05) is 39.0 Å². The summed E-state index contributed by atoms with van der Waals surface area (Å²) in [5.41, 5.74) is 4.37. The largest absolute Gasteiger partial charge is 0.496 e. The highest BCUT2D eigenvalue weighted by Crippen LogP contribution is 2.31. The Labute approximate surface area is 214 Å². The van der Waals surface area contributed by atoms with E-state index in [-0.39, 0.29) is 23.8 Å². The smallest absolute Gasteiger partial charge is 0.228 e. The van der Waals surface area contributed by atoms with Gasteiger partial charge in [-0.05, 0) is 43.5 Å². The van der Waals surface area contributed by atoms with Crippen molar-refractivity contribution in [3.05, 3.63) is 29.3 Å². The van der Waals surface area contributed by atoms with Crippen molar-refractivity contribution < 1.29 is 14.3 Å². The zero-order chi connectivity index (χ0) is 25.7. The van der Waals surface area contributed by atoms with Gasteiger partial charge in [0.2, 0.25) is 17.8 Å². The first-order valence-electron chi connectivity index (χ1n) is 12.3. The highest BCUT2D eigenvalue weighted by molar-refractivity contribution is 7.16. The maximum Gasteiger partial charge on any atom is 0.228 e. The number of aryl methyl sites for hydroxylation is 1. The van der Waals surface area contributed by atoms with E-state index >= 15 is 0 Å². The van der Waals surface area contributed by atoms with Crippen molar-refractivity contribution in [1.29, 1.82) is 0 Å². The molecule has 0 bridgehead atoms. The van der Waals surface area contributed by atoms with Gasteiger partial charge in [-0.15, -0.1) is 11.3 Å². The summed E-state index contributed by atoms with van der Waals surface area (Å²) >= 11 is 1.46. The predicted octanol–water partition coefficient (Wildman–Crippen LogP) is 3.39. The SMILES string of the molecule is CC.COc1ccc(Nc2nc(N3CCCC(C(=O)NC4CNC(=O)C4)C3)nc3scnc23)cc1C. The van der Waals surface area contributed by atoms with Crippen LogP contribution in [0.1, 0.15) is 38.7 Å². The van der Waals surface area contributed by atoms with Gasteiger partial charge in [0.1, 0.15) is 11.3 Å². The second-order valence-corrected chi connectivity index (χ2v) is 9.52. The molecule has 2 aromatic heterocycles. The molecular weight excluding hydrogens is 478 g/mol. The van der Waals surface area contributed by atoms with Gasteiger partial charge < -0.3 is 25.6 Å². The number of aromatic nitrogens is 3. The molecule has 2 unspecified atom stereocenters. The highest BCUT2D eigenvalue weighted by atomic mass is 32.1. The summed E-state index contributed by atoms with van der Waals surface area (Å²) in [6.45, 7) is 7.79. The van der Waals surface area contributed by atoms with Gasteiger partial charge in [0.15, 0.2) is 10.6 Å². The monoisotopic (exact) mass is 511 g/mol. The summed E-state index contributed by atoms with van der Waals surface area (Å²) in [4.78, 5) is 41.1. The summed E-state index contributed by atoms with van der Waals surface area (Å²) in [6, 6.07) is 5.72. The van der Waals surface area contributed by atoms with E-state index in [4.69, 9.17) is 14.7 Å². The molecule has 11 heteroatoms. The quantitative estimate of drug-likeness (QED) is 0.460. The molecular formula is C25H33N7O3S.